The average Bonchev–Trinajstić information content (AvgIpc) is 2.29. The van der Waals surface area contributed by atoms with Gasteiger partial charge in [-0.3, -0.25) is 0 Å². The number of hydrogen-bond acceptors (Lipinski definition) is 1. The van der Waals surface area contributed by atoms with Gasteiger partial charge in [0, 0.05) is 12.8 Å². The van der Waals surface area contributed by atoms with E-state index < -0.39 is 5.92 Å². The Kier molecular flexibility index (Phi) is 5.96. The van der Waals surface area contributed by atoms with Crippen LogP contribution in [-0.2, 0) is 17.6 Å². The van der Waals surface area contributed by atoms with Crippen molar-refractivity contribution in [2.24, 2.45) is 0 Å². The van der Waals surface area contributed by atoms with Gasteiger partial charge < -0.3 is 4.79 Å². The zero-order chi connectivity index (χ0) is 13.4. The molecule has 0 unspecified atom stereocenters. The van der Waals surface area contributed by atoms with Crippen molar-refractivity contribution in [2.45, 2.75) is 51.4 Å². The van der Waals surface area contributed by atoms with Crippen LogP contribution in [0.1, 0.15) is 43.7 Å². The average molecular weight is 254 g/mol. The first kappa shape index (κ1) is 14.8. The molecular weight excluding hydrogens is 234 g/mol. The van der Waals surface area contributed by atoms with E-state index >= 15 is 0 Å². The maximum Gasteiger partial charge on any atom is 0.249 e. The van der Waals surface area contributed by atoms with Crippen molar-refractivity contribution in [3.63, 3.8) is 0 Å². The number of carbonyl (C=O) groups is 1. The molecular formula is C15H20F2O. The molecule has 0 saturated heterocycles. The van der Waals surface area contributed by atoms with Crippen LogP contribution in [0.25, 0.3) is 0 Å². The monoisotopic (exact) mass is 254 g/mol. The highest BCUT2D eigenvalue weighted by molar-refractivity contribution is 5.48. The third-order valence-electron chi connectivity index (χ3n) is 2.89. The molecule has 1 aromatic carbocycles. The Bertz CT molecular complexity index is 369. The van der Waals surface area contributed by atoms with Crippen LogP contribution in [0.2, 0.25) is 0 Å². The van der Waals surface area contributed by atoms with Gasteiger partial charge in [0.15, 0.2) is 0 Å². The molecule has 0 saturated carbocycles. The first-order valence-electron chi connectivity index (χ1n) is 6.41. The van der Waals surface area contributed by atoms with Crippen LogP contribution in [-0.4, -0.2) is 12.2 Å². The number of rotatable bonds is 8. The quantitative estimate of drug-likeness (QED) is 0.502. The van der Waals surface area contributed by atoms with Crippen molar-refractivity contribution in [1.29, 1.82) is 0 Å². The lowest BCUT2D eigenvalue weighted by Crippen LogP contribution is -2.14. The molecule has 0 spiro atoms. The highest BCUT2D eigenvalue weighted by atomic mass is 19.3. The number of unbranched alkanes of at least 4 members (excludes halogenated alkanes) is 3. The highest BCUT2D eigenvalue weighted by Crippen LogP contribution is 2.22. The zero-order valence-electron chi connectivity index (χ0n) is 10.8. The molecule has 0 aliphatic heterocycles. The summed E-state index contributed by atoms with van der Waals surface area (Å²) < 4.78 is 26.1. The van der Waals surface area contributed by atoms with Gasteiger partial charge in [0.1, 0.15) is 6.29 Å². The number of benzene rings is 1. The molecule has 3 heteroatoms. The van der Waals surface area contributed by atoms with Gasteiger partial charge in [-0.2, -0.15) is 0 Å². The molecule has 18 heavy (non-hydrogen) atoms. The number of aryl methyl sites for hydroxylation is 1. The van der Waals surface area contributed by atoms with Crippen LogP contribution < -0.4 is 0 Å². The normalized spacial score (nSPS) is 11.5. The lowest BCUT2D eigenvalue weighted by Gasteiger charge is -2.14. The molecule has 0 fully saturated rings. The van der Waals surface area contributed by atoms with E-state index in [1.165, 1.54) is 0 Å². The molecule has 1 nitrogen and oxygen atoms in total. The molecule has 0 aliphatic carbocycles. The smallest absolute Gasteiger partial charge is 0.249 e. The fourth-order valence-corrected chi connectivity index (χ4v) is 2.03. The fraction of sp³-hybridized carbons (Fsp3) is 0.533. The number of aldehydes is 1. The van der Waals surface area contributed by atoms with E-state index in [-0.39, 0.29) is 6.42 Å². The second-order valence-corrected chi connectivity index (χ2v) is 4.78. The van der Waals surface area contributed by atoms with E-state index in [1.54, 1.807) is 12.1 Å². The Morgan fingerprint density at radius 1 is 1.11 bits per heavy atom. The summed E-state index contributed by atoms with van der Waals surface area (Å²) in [6, 6.07) is 7.38. The maximum absolute atomic E-state index is 13.0. The predicted molar refractivity (Wildman–Crippen MR) is 69.0 cm³/mol. The van der Waals surface area contributed by atoms with E-state index in [2.05, 4.69) is 0 Å². The van der Waals surface area contributed by atoms with Gasteiger partial charge in [0.25, 0.3) is 0 Å². The van der Waals surface area contributed by atoms with Crippen LogP contribution >= 0.6 is 0 Å². The summed E-state index contributed by atoms with van der Waals surface area (Å²) in [6.45, 7) is 0.952. The predicted octanol–water partition coefficient (Wildman–Crippen LogP) is 4.19. The lowest BCUT2D eigenvalue weighted by atomic mass is 9.97. The zero-order valence-corrected chi connectivity index (χ0v) is 10.8. The number of alkyl halides is 2. The van der Waals surface area contributed by atoms with Crippen molar-refractivity contribution in [2.75, 3.05) is 0 Å². The minimum Gasteiger partial charge on any atom is -0.303 e. The molecule has 0 bridgehead atoms. The van der Waals surface area contributed by atoms with Crippen LogP contribution in [0.4, 0.5) is 8.78 Å². The second kappa shape index (κ2) is 7.24. The molecule has 0 radical (unpaired) electrons. The molecule has 1 rings (SSSR count). The minimum atomic E-state index is -2.66. The molecule has 0 atom stereocenters. The van der Waals surface area contributed by atoms with Crippen LogP contribution in [0, 0.1) is 0 Å². The Morgan fingerprint density at radius 3 is 2.39 bits per heavy atom. The molecule has 0 aliphatic rings. The number of carbonyl (C=O) groups excluding carboxylic acids is 1. The van der Waals surface area contributed by atoms with Crippen molar-refractivity contribution in [1.82, 2.24) is 0 Å². The largest absolute Gasteiger partial charge is 0.303 e. The molecule has 0 heterocycles. The molecule has 100 valence electrons. The molecule has 0 N–H and O–H groups in total. The second-order valence-electron chi connectivity index (χ2n) is 4.78. The third kappa shape index (κ3) is 5.89. The van der Waals surface area contributed by atoms with E-state index in [1.807, 2.05) is 12.1 Å². The summed E-state index contributed by atoms with van der Waals surface area (Å²) >= 11 is 0. The number of hydrogen-bond donors (Lipinski definition) is 0. The summed E-state index contributed by atoms with van der Waals surface area (Å²) in [7, 11) is 0. The summed E-state index contributed by atoms with van der Waals surface area (Å²) in [5.41, 5.74) is 1.74. The first-order chi connectivity index (χ1) is 8.53. The van der Waals surface area contributed by atoms with Crippen molar-refractivity contribution >= 4 is 6.29 Å². The Labute approximate surface area is 107 Å². The summed E-state index contributed by atoms with van der Waals surface area (Å²) in [6.07, 6.45) is 4.92. The van der Waals surface area contributed by atoms with Gasteiger partial charge >= 0.3 is 0 Å². The van der Waals surface area contributed by atoms with Crippen LogP contribution in [0.5, 0.6) is 0 Å². The maximum atomic E-state index is 13.0. The topological polar surface area (TPSA) is 17.1 Å². The van der Waals surface area contributed by atoms with E-state index in [0.717, 1.165) is 50.0 Å². The summed E-state index contributed by atoms with van der Waals surface area (Å²) in [5.74, 6) is -2.66. The van der Waals surface area contributed by atoms with Gasteiger partial charge in [-0.15, -0.1) is 0 Å². The first-order valence-corrected chi connectivity index (χ1v) is 6.41. The minimum absolute atomic E-state index is 0.197. The van der Waals surface area contributed by atoms with Crippen molar-refractivity contribution in [3.8, 4) is 0 Å². The van der Waals surface area contributed by atoms with E-state index in [0.29, 0.717) is 6.42 Å². The third-order valence-corrected chi connectivity index (χ3v) is 2.89. The van der Waals surface area contributed by atoms with Gasteiger partial charge in [0.05, 0.1) is 0 Å². The molecule has 1 aromatic rings. The van der Waals surface area contributed by atoms with Crippen LogP contribution in [0.3, 0.4) is 0 Å². The summed E-state index contributed by atoms with van der Waals surface area (Å²) in [4.78, 5) is 10.2. The summed E-state index contributed by atoms with van der Waals surface area (Å²) in [5, 5.41) is 0. The van der Waals surface area contributed by atoms with Gasteiger partial charge in [-0.05, 0) is 37.3 Å². The Morgan fingerprint density at radius 2 is 1.78 bits per heavy atom. The van der Waals surface area contributed by atoms with Crippen molar-refractivity contribution in [3.05, 3.63) is 35.4 Å². The van der Waals surface area contributed by atoms with E-state index in [4.69, 9.17) is 0 Å². The Balaban J connectivity index is 2.51. The number of halogens is 2. The molecule has 0 aromatic heterocycles. The van der Waals surface area contributed by atoms with E-state index in [9.17, 15) is 13.6 Å². The molecule has 0 amide bonds. The van der Waals surface area contributed by atoms with Gasteiger partial charge in [0.2, 0.25) is 5.92 Å². The standard InChI is InChI=1S/C15H20F2O/c1-15(16,17)12-14-10-6-5-9-13(14)8-4-2-3-7-11-18/h5-6,9-11H,2-4,7-8,12H2,1H3. The highest BCUT2D eigenvalue weighted by Gasteiger charge is 2.22. The SMILES string of the molecule is CC(F)(F)Cc1ccccc1CCCCCC=O. The van der Waals surface area contributed by atoms with Crippen molar-refractivity contribution < 1.29 is 13.6 Å². The van der Waals surface area contributed by atoms with Crippen LogP contribution in [0.15, 0.2) is 24.3 Å². The van der Waals surface area contributed by atoms with Gasteiger partial charge in [-0.25, -0.2) is 8.78 Å². The van der Waals surface area contributed by atoms with Gasteiger partial charge in [-0.1, -0.05) is 30.7 Å². The Hall–Kier alpha value is -1.25. The lowest BCUT2D eigenvalue weighted by molar-refractivity contribution is -0.107. The fourth-order valence-electron chi connectivity index (χ4n) is 2.03.